The van der Waals surface area contributed by atoms with E-state index in [-0.39, 0.29) is 0 Å². The number of rotatable bonds is 7. The summed E-state index contributed by atoms with van der Waals surface area (Å²) in [4.78, 5) is 16.9. The molecule has 0 fully saturated rings. The molecular weight excluding hydrogens is 368 g/mol. The summed E-state index contributed by atoms with van der Waals surface area (Å²) in [5, 5.41) is 9.92. The second-order valence-corrected chi connectivity index (χ2v) is 7.05. The molecule has 6 nitrogen and oxygen atoms in total. The molecule has 1 unspecified atom stereocenters. The Balaban J connectivity index is 2.32. The van der Waals surface area contributed by atoms with Crippen LogP contribution in [-0.4, -0.2) is 41.5 Å². The molecule has 0 bridgehead atoms. The summed E-state index contributed by atoms with van der Waals surface area (Å²) in [6, 6.07) is 14.8. The first-order valence-corrected chi connectivity index (χ1v) is 9.51. The number of aliphatic hydroxyl groups is 1. The Labute approximate surface area is 170 Å². The number of hydrogen-bond acceptors (Lipinski definition) is 5. The normalized spacial score (nSPS) is 12.1. The summed E-state index contributed by atoms with van der Waals surface area (Å²) < 4.78 is 12.2. The highest BCUT2D eigenvalue weighted by molar-refractivity contribution is 5.84. The molecule has 0 amide bonds. The number of benzene rings is 2. The Bertz CT molecular complexity index is 980. The van der Waals surface area contributed by atoms with Gasteiger partial charge in [-0.2, -0.15) is 0 Å². The summed E-state index contributed by atoms with van der Waals surface area (Å²) in [6.07, 6.45) is 1.57. The van der Waals surface area contributed by atoms with Crippen molar-refractivity contribution in [3.63, 3.8) is 0 Å². The maximum atomic E-state index is 12.3. The van der Waals surface area contributed by atoms with Crippen LogP contribution >= 0.6 is 0 Å². The fraction of sp³-hybridized carbons (Fsp3) is 0.304. The van der Waals surface area contributed by atoms with Gasteiger partial charge in [-0.05, 0) is 23.6 Å². The molecule has 29 heavy (non-hydrogen) atoms. The maximum Gasteiger partial charge on any atom is 0.331 e. The Morgan fingerprint density at radius 3 is 2.45 bits per heavy atom. The zero-order valence-electron chi connectivity index (χ0n) is 17.1. The number of imidazole rings is 1. The first-order chi connectivity index (χ1) is 14.0. The fourth-order valence-corrected chi connectivity index (χ4v) is 3.35. The van der Waals surface area contributed by atoms with Crippen molar-refractivity contribution in [3.05, 3.63) is 60.4 Å². The maximum absolute atomic E-state index is 12.3. The SMILES string of the molecule is COC(=O)C(CO)n1cnc(-c2ccccc2)c1-c1cc(C(C)C)ccc1OC. The number of carbonyl (C=O) groups excluding carboxylic acids is 1. The molecule has 0 saturated heterocycles. The van der Waals surface area contributed by atoms with E-state index in [0.29, 0.717) is 23.1 Å². The van der Waals surface area contributed by atoms with Crippen molar-refractivity contribution in [1.29, 1.82) is 0 Å². The number of hydrogen-bond donors (Lipinski definition) is 1. The first kappa shape index (κ1) is 20.6. The molecule has 0 saturated carbocycles. The van der Waals surface area contributed by atoms with E-state index in [1.54, 1.807) is 18.0 Å². The molecule has 152 valence electrons. The van der Waals surface area contributed by atoms with Crippen LogP contribution in [0.15, 0.2) is 54.9 Å². The van der Waals surface area contributed by atoms with Gasteiger partial charge in [-0.25, -0.2) is 9.78 Å². The van der Waals surface area contributed by atoms with Crippen molar-refractivity contribution in [2.24, 2.45) is 0 Å². The summed E-state index contributed by atoms with van der Waals surface area (Å²) in [5.74, 6) is 0.435. The number of aliphatic hydroxyl groups excluding tert-OH is 1. The molecule has 0 spiro atoms. The predicted octanol–water partition coefficient (Wildman–Crippen LogP) is 4.06. The molecule has 1 atom stereocenters. The van der Waals surface area contributed by atoms with Crippen LogP contribution in [-0.2, 0) is 9.53 Å². The second-order valence-electron chi connectivity index (χ2n) is 7.05. The lowest BCUT2D eigenvalue weighted by Gasteiger charge is -2.20. The monoisotopic (exact) mass is 394 g/mol. The van der Waals surface area contributed by atoms with E-state index >= 15 is 0 Å². The number of carbonyl (C=O) groups is 1. The van der Waals surface area contributed by atoms with E-state index in [1.807, 2.05) is 42.5 Å². The van der Waals surface area contributed by atoms with Crippen molar-refractivity contribution in [2.75, 3.05) is 20.8 Å². The van der Waals surface area contributed by atoms with Gasteiger partial charge in [0.15, 0.2) is 6.04 Å². The number of nitrogens with zero attached hydrogens (tertiary/aromatic N) is 2. The lowest BCUT2D eigenvalue weighted by atomic mass is 9.96. The van der Waals surface area contributed by atoms with Crippen LogP contribution in [0.3, 0.4) is 0 Å². The lowest BCUT2D eigenvalue weighted by molar-refractivity contribution is -0.145. The number of aromatic nitrogens is 2. The van der Waals surface area contributed by atoms with Crippen LogP contribution in [0.25, 0.3) is 22.5 Å². The number of methoxy groups -OCH3 is 2. The highest BCUT2D eigenvalue weighted by atomic mass is 16.5. The highest BCUT2D eigenvalue weighted by Crippen LogP contribution is 2.39. The molecule has 0 aliphatic rings. The lowest BCUT2D eigenvalue weighted by Crippen LogP contribution is -2.24. The smallest absolute Gasteiger partial charge is 0.331 e. The van der Waals surface area contributed by atoms with Crippen molar-refractivity contribution in [1.82, 2.24) is 9.55 Å². The van der Waals surface area contributed by atoms with Gasteiger partial charge >= 0.3 is 5.97 Å². The Kier molecular flexibility index (Phi) is 6.34. The zero-order chi connectivity index (χ0) is 21.0. The van der Waals surface area contributed by atoms with Gasteiger partial charge in [0.1, 0.15) is 5.75 Å². The molecule has 3 aromatic rings. The van der Waals surface area contributed by atoms with Gasteiger partial charge in [0.05, 0.1) is 38.5 Å². The minimum Gasteiger partial charge on any atom is -0.496 e. The van der Waals surface area contributed by atoms with Gasteiger partial charge in [-0.3, -0.25) is 0 Å². The summed E-state index contributed by atoms with van der Waals surface area (Å²) >= 11 is 0. The van der Waals surface area contributed by atoms with Gasteiger partial charge < -0.3 is 19.1 Å². The molecule has 2 aromatic carbocycles. The standard InChI is InChI=1S/C23H26N2O4/c1-15(2)17-10-11-20(28-3)18(12-17)22-21(16-8-6-5-7-9-16)24-14-25(22)19(13-26)23(27)29-4/h5-12,14-15,19,26H,13H2,1-4H3. The van der Waals surface area contributed by atoms with E-state index < -0.39 is 18.6 Å². The molecule has 1 aromatic heterocycles. The van der Waals surface area contributed by atoms with Crippen LogP contribution in [0.2, 0.25) is 0 Å². The van der Waals surface area contributed by atoms with E-state index in [9.17, 15) is 9.90 Å². The fourth-order valence-electron chi connectivity index (χ4n) is 3.35. The third-order valence-corrected chi connectivity index (χ3v) is 4.97. The van der Waals surface area contributed by atoms with Gasteiger partial charge in [0, 0.05) is 11.1 Å². The van der Waals surface area contributed by atoms with Crippen LogP contribution in [0.1, 0.15) is 31.4 Å². The quantitative estimate of drug-likeness (QED) is 0.612. The Morgan fingerprint density at radius 2 is 1.86 bits per heavy atom. The number of ether oxygens (including phenoxy) is 2. The molecule has 1 N–H and O–H groups in total. The number of esters is 1. The molecule has 0 aliphatic carbocycles. The van der Waals surface area contributed by atoms with Crippen molar-refractivity contribution in [3.8, 4) is 28.3 Å². The van der Waals surface area contributed by atoms with Crippen molar-refractivity contribution < 1.29 is 19.4 Å². The Morgan fingerprint density at radius 1 is 1.14 bits per heavy atom. The van der Waals surface area contributed by atoms with Crippen molar-refractivity contribution in [2.45, 2.75) is 25.8 Å². The third kappa shape index (κ3) is 4.03. The summed E-state index contributed by atoms with van der Waals surface area (Å²) in [7, 11) is 2.92. The van der Waals surface area contributed by atoms with Crippen LogP contribution in [0.5, 0.6) is 5.75 Å². The molecular formula is C23H26N2O4. The zero-order valence-corrected chi connectivity index (χ0v) is 17.1. The molecule has 0 radical (unpaired) electrons. The van der Waals surface area contributed by atoms with Crippen LogP contribution in [0.4, 0.5) is 0 Å². The topological polar surface area (TPSA) is 73.6 Å². The van der Waals surface area contributed by atoms with Crippen molar-refractivity contribution >= 4 is 5.97 Å². The molecule has 6 heteroatoms. The first-order valence-electron chi connectivity index (χ1n) is 9.51. The van der Waals surface area contributed by atoms with E-state index in [4.69, 9.17) is 9.47 Å². The average molecular weight is 394 g/mol. The van der Waals surface area contributed by atoms with Gasteiger partial charge in [-0.15, -0.1) is 0 Å². The second kappa shape index (κ2) is 8.92. The summed E-state index contributed by atoms with van der Waals surface area (Å²) in [6.45, 7) is 3.83. The van der Waals surface area contributed by atoms with Crippen LogP contribution in [0, 0.1) is 0 Å². The predicted molar refractivity (Wildman–Crippen MR) is 112 cm³/mol. The largest absolute Gasteiger partial charge is 0.496 e. The molecule has 3 rings (SSSR count). The Hall–Kier alpha value is -3.12. The van der Waals surface area contributed by atoms with E-state index in [0.717, 1.165) is 16.7 Å². The minimum atomic E-state index is -0.910. The van der Waals surface area contributed by atoms with Gasteiger partial charge in [0.2, 0.25) is 0 Å². The average Bonchev–Trinajstić information content (AvgIpc) is 3.18. The third-order valence-electron chi connectivity index (χ3n) is 4.97. The summed E-state index contributed by atoms with van der Waals surface area (Å²) in [5.41, 5.74) is 4.23. The minimum absolute atomic E-state index is 0.311. The van der Waals surface area contributed by atoms with Gasteiger partial charge in [-0.1, -0.05) is 50.2 Å². The van der Waals surface area contributed by atoms with Gasteiger partial charge in [0.25, 0.3) is 0 Å². The molecule has 0 aliphatic heterocycles. The van der Waals surface area contributed by atoms with E-state index in [1.165, 1.54) is 7.11 Å². The molecule has 1 heterocycles. The highest BCUT2D eigenvalue weighted by Gasteiger charge is 2.27. The van der Waals surface area contributed by atoms with Crippen LogP contribution < -0.4 is 4.74 Å². The van der Waals surface area contributed by atoms with E-state index in [2.05, 4.69) is 24.9 Å².